The highest BCUT2D eigenvalue weighted by Crippen LogP contribution is 2.14. The Balaban J connectivity index is 1.64. The maximum Gasteiger partial charge on any atom is 0.273 e. The highest BCUT2D eigenvalue weighted by atomic mass is 16.5. The van der Waals surface area contributed by atoms with E-state index < -0.39 is 0 Å². The fraction of sp³-hybridized carbons (Fsp3) is 0.368. The Morgan fingerprint density at radius 3 is 2.62 bits per heavy atom. The predicted octanol–water partition coefficient (Wildman–Crippen LogP) is 1.35. The topological polar surface area (TPSA) is 73.1 Å². The number of fused-ring (bicyclic) bond motifs is 1. The van der Waals surface area contributed by atoms with Crippen molar-refractivity contribution < 1.29 is 4.74 Å². The number of morpholine rings is 1. The quantitative estimate of drug-likeness (QED) is 0.706. The zero-order chi connectivity index (χ0) is 17.9. The Morgan fingerprint density at radius 1 is 1.08 bits per heavy atom. The van der Waals surface area contributed by atoms with Crippen LogP contribution in [0.4, 0.5) is 5.95 Å². The molecule has 0 N–H and O–H groups in total. The van der Waals surface area contributed by atoms with Gasteiger partial charge in [0.2, 0.25) is 5.95 Å². The molecule has 0 radical (unpaired) electrons. The van der Waals surface area contributed by atoms with E-state index in [0.717, 1.165) is 19.5 Å². The third kappa shape index (κ3) is 3.30. The molecule has 3 aromatic rings. The number of aromatic nitrogens is 4. The number of nitrogens with zero attached hydrogens (tertiary/aromatic N) is 5. The van der Waals surface area contributed by atoms with Crippen molar-refractivity contribution in [3.05, 3.63) is 58.1 Å². The lowest BCUT2D eigenvalue weighted by Gasteiger charge is -2.26. The minimum atomic E-state index is -0.0972. The summed E-state index contributed by atoms with van der Waals surface area (Å²) in [6.45, 7) is 2.83. The first-order valence-electron chi connectivity index (χ1n) is 8.81. The van der Waals surface area contributed by atoms with Gasteiger partial charge in [-0.25, -0.2) is 9.97 Å². The second kappa shape index (κ2) is 7.21. The van der Waals surface area contributed by atoms with Crippen molar-refractivity contribution in [1.29, 1.82) is 0 Å². The Bertz CT molecular complexity index is 965. The molecule has 4 rings (SSSR count). The van der Waals surface area contributed by atoms with Crippen LogP contribution in [0.2, 0.25) is 0 Å². The van der Waals surface area contributed by atoms with Crippen molar-refractivity contribution in [3.8, 4) is 0 Å². The SMILES string of the molecule is Cn1c(=O)c(CCc2ccccc2)nc2cnc(N3CCOCC3)nc21. The summed E-state index contributed by atoms with van der Waals surface area (Å²) in [4.78, 5) is 28.3. The summed E-state index contributed by atoms with van der Waals surface area (Å²) in [7, 11) is 1.74. The van der Waals surface area contributed by atoms with E-state index in [2.05, 4.69) is 32.0 Å². The van der Waals surface area contributed by atoms with E-state index in [9.17, 15) is 4.79 Å². The first-order valence-corrected chi connectivity index (χ1v) is 8.81. The maximum atomic E-state index is 12.7. The molecule has 0 unspecified atom stereocenters. The molecule has 134 valence electrons. The van der Waals surface area contributed by atoms with E-state index in [0.29, 0.717) is 42.4 Å². The van der Waals surface area contributed by atoms with Crippen LogP contribution in [0.1, 0.15) is 11.3 Å². The number of benzene rings is 1. The van der Waals surface area contributed by atoms with Crippen LogP contribution in [0.5, 0.6) is 0 Å². The highest BCUT2D eigenvalue weighted by Gasteiger charge is 2.16. The minimum absolute atomic E-state index is 0.0972. The van der Waals surface area contributed by atoms with Gasteiger partial charge in [0.1, 0.15) is 11.2 Å². The largest absolute Gasteiger partial charge is 0.378 e. The molecule has 3 heterocycles. The number of hydrogen-bond acceptors (Lipinski definition) is 6. The molecule has 1 aromatic carbocycles. The van der Waals surface area contributed by atoms with Crippen LogP contribution in [0.25, 0.3) is 11.2 Å². The van der Waals surface area contributed by atoms with E-state index in [1.165, 1.54) is 5.56 Å². The first-order chi connectivity index (χ1) is 12.7. The summed E-state index contributed by atoms with van der Waals surface area (Å²) in [5, 5.41) is 0. The molecule has 2 aromatic heterocycles. The van der Waals surface area contributed by atoms with Crippen LogP contribution in [-0.2, 0) is 24.6 Å². The number of anilines is 1. The first kappa shape index (κ1) is 16.7. The van der Waals surface area contributed by atoms with Gasteiger partial charge in [-0.1, -0.05) is 30.3 Å². The van der Waals surface area contributed by atoms with Crippen molar-refractivity contribution >= 4 is 17.1 Å². The lowest BCUT2D eigenvalue weighted by atomic mass is 10.1. The Morgan fingerprint density at radius 2 is 1.85 bits per heavy atom. The van der Waals surface area contributed by atoms with E-state index in [1.807, 2.05) is 18.2 Å². The molecule has 0 spiro atoms. The maximum absolute atomic E-state index is 12.7. The minimum Gasteiger partial charge on any atom is -0.378 e. The van der Waals surface area contributed by atoms with Crippen LogP contribution in [0, 0.1) is 0 Å². The molecule has 0 bridgehead atoms. The summed E-state index contributed by atoms with van der Waals surface area (Å²) < 4.78 is 6.94. The molecule has 1 aliphatic heterocycles. The standard InChI is InChI=1S/C19H21N5O2/c1-23-17-16(13-20-19(22-17)24-9-11-26-12-10-24)21-15(18(23)25)8-7-14-5-3-2-4-6-14/h2-6,13H,7-12H2,1H3. The smallest absolute Gasteiger partial charge is 0.273 e. The average molecular weight is 351 g/mol. The van der Waals surface area contributed by atoms with Gasteiger partial charge in [0.25, 0.3) is 5.56 Å². The lowest BCUT2D eigenvalue weighted by Crippen LogP contribution is -2.37. The second-order valence-electron chi connectivity index (χ2n) is 6.39. The Labute approximate surface area is 151 Å². The molecule has 1 fully saturated rings. The summed E-state index contributed by atoms with van der Waals surface area (Å²) in [6, 6.07) is 10.1. The Hall–Kier alpha value is -2.80. The van der Waals surface area contributed by atoms with Crippen LogP contribution in [0.15, 0.2) is 41.3 Å². The van der Waals surface area contributed by atoms with Gasteiger partial charge < -0.3 is 9.64 Å². The molecule has 0 aliphatic carbocycles. The molecular weight excluding hydrogens is 330 g/mol. The third-order valence-corrected chi connectivity index (χ3v) is 4.65. The molecule has 26 heavy (non-hydrogen) atoms. The molecular formula is C19H21N5O2. The van der Waals surface area contributed by atoms with Gasteiger partial charge in [0, 0.05) is 20.1 Å². The van der Waals surface area contributed by atoms with Gasteiger partial charge in [-0.05, 0) is 18.4 Å². The molecule has 0 amide bonds. The van der Waals surface area contributed by atoms with Crippen molar-refractivity contribution in [2.45, 2.75) is 12.8 Å². The van der Waals surface area contributed by atoms with E-state index >= 15 is 0 Å². The second-order valence-corrected chi connectivity index (χ2v) is 6.39. The summed E-state index contributed by atoms with van der Waals surface area (Å²) in [5.74, 6) is 0.620. The van der Waals surface area contributed by atoms with Crippen LogP contribution in [-0.4, -0.2) is 45.8 Å². The summed E-state index contributed by atoms with van der Waals surface area (Å²) >= 11 is 0. The fourth-order valence-corrected chi connectivity index (χ4v) is 3.15. The monoisotopic (exact) mass is 351 g/mol. The molecule has 1 saturated heterocycles. The number of rotatable bonds is 4. The van der Waals surface area contributed by atoms with Gasteiger partial charge in [-0.15, -0.1) is 0 Å². The van der Waals surface area contributed by atoms with Gasteiger partial charge in [-0.3, -0.25) is 9.36 Å². The average Bonchev–Trinajstić information content (AvgIpc) is 2.71. The van der Waals surface area contributed by atoms with Crippen molar-refractivity contribution in [1.82, 2.24) is 19.5 Å². The molecule has 7 heteroatoms. The van der Waals surface area contributed by atoms with Crippen molar-refractivity contribution in [2.24, 2.45) is 7.05 Å². The summed E-state index contributed by atoms with van der Waals surface area (Å²) in [5.41, 5.74) is 2.85. The zero-order valence-electron chi connectivity index (χ0n) is 14.8. The van der Waals surface area contributed by atoms with E-state index in [-0.39, 0.29) is 5.56 Å². The fourth-order valence-electron chi connectivity index (χ4n) is 3.15. The van der Waals surface area contributed by atoms with Crippen molar-refractivity contribution in [3.63, 3.8) is 0 Å². The molecule has 1 aliphatic rings. The van der Waals surface area contributed by atoms with Crippen LogP contribution < -0.4 is 10.5 Å². The highest BCUT2D eigenvalue weighted by molar-refractivity contribution is 5.70. The molecule has 7 nitrogen and oxygen atoms in total. The Kier molecular flexibility index (Phi) is 4.62. The van der Waals surface area contributed by atoms with Gasteiger partial charge >= 0.3 is 0 Å². The number of ether oxygens (including phenoxy) is 1. The van der Waals surface area contributed by atoms with Gasteiger partial charge in [0.15, 0.2) is 5.65 Å². The van der Waals surface area contributed by atoms with Gasteiger partial charge in [-0.2, -0.15) is 4.98 Å². The number of aryl methyl sites for hydroxylation is 3. The van der Waals surface area contributed by atoms with Crippen LogP contribution >= 0.6 is 0 Å². The van der Waals surface area contributed by atoms with Crippen LogP contribution in [0.3, 0.4) is 0 Å². The summed E-state index contributed by atoms with van der Waals surface area (Å²) in [6.07, 6.45) is 3.08. The zero-order valence-corrected chi connectivity index (χ0v) is 14.8. The lowest BCUT2D eigenvalue weighted by molar-refractivity contribution is 0.122. The van der Waals surface area contributed by atoms with Gasteiger partial charge in [0.05, 0.1) is 19.4 Å². The van der Waals surface area contributed by atoms with E-state index in [1.54, 1.807) is 17.8 Å². The third-order valence-electron chi connectivity index (χ3n) is 4.65. The molecule has 0 saturated carbocycles. The normalized spacial score (nSPS) is 14.7. The predicted molar refractivity (Wildman–Crippen MR) is 99.5 cm³/mol. The van der Waals surface area contributed by atoms with Crippen molar-refractivity contribution in [2.75, 3.05) is 31.2 Å². The van der Waals surface area contributed by atoms with E-state index in [4.69, 9.17) is 4.74 Å². The number of hydrogen-bond donors (Lipinski definition) is 0. The molecule has 0 atom stereocenters.